The van der Waals surface area contributed by atoms with Crippen LogP contribution in [0.3, 0.4) is 0 Å². The van der Waals surface area contributed by atoms with Gasteiger partial charge in [0.1, 0.15) is 11.6 Å². The molecule has 1 atom stereocenters. The monoisotopic (exact) mass is 347 g/mol. The van der Waals surface area contributed by atoms with Crippen LogP contribution in [0.4, 0.5) is 4.79 Å². The molecule has 1 aromatic rings. The average Bonchev–Trinajstić information content (AvgIpc) is 2.34. The maximum Gasteiger partial charge on any atom is 0.408 e. The first-order valence-electron chi connectivity index (χ1n) is 6.75. The third kappa shape index (κ3) is 6.12. The minimum Gasteiger partial charge on any atom is -0.480 e. The first kappa shape index (κ1) is 18.6. The molecule has 1 aromatic carbocycles. The fourth-order valence-electron chi connectivity index (χ4n) is 1.77. The van der Waals surface area contributed by atoms with Crippen molar-refractivity contribution in [2.24, 2.45) is 0 Å². The molecule has 1 rings (SSSR count). The van der Waals surface area contributed by atoms with E-state index in [0.717, 1.165) is 0 Å². The van der Waals surface area contributed by atoms with Crippen LogP contribution in [0.2, 0.25) is 10.0 Å². The van der Waals surface area contributed by atoms with E-state index in [4.69, 9.17) is 27.9 Å². The summed E-state index contributed by atoms with van der Waals surface area (Å²) in [5, 5.41) is 12.5. The number of benzene rings is 1. The number of hydrogen-bond donors (Lipinski definition) is 2. The predicted octanol–water partition coefficient (Wildman–Crippen LogP) is 3.90. The zero-order valence-electron chi connectivity index (χ0n) is 12.7. The quantitative estimate of drug-likeness (QED) is 0.846. The second-order valence-corrected chi connectivity index (χ2v) is 6.59. The lowest BCUT2D eigenvalue weighted by molar-refractivity contribution is -0.139. The average molecular weight is 348 g/mol. The third-order valence-corrected chi connectivity index (χ3v) is 3.44. The van der Waals surface area contributed by atoms with E-state index in [1.54, 1.807) is 39.0 Å². The molecule has 7 heteroatoms. The number of halogens is 2. The molecule has 122 valence electrons. The van der Waals surface area contributed by atoms with Crippen LogP contribution in [0.25, 0.3) is 0 Å². The van der Waals surface area contributed by atoms with E-state index < -0.39 is 23.7 Å². The van der Waals surface area contributed by atoms with Crippen molar-refractivity contribution in [2.75, 3.05) is 0 Å². The Labute approximate surface area is 139 Å². The third-order valence-electron chi connectivity index (χ3n) is 2.73. The number of ether oxygens (including phenoxy) is 1. The normalized spacial score (nSPS) is 12.6. The molecule has 0 aliphatic rings. The van der Waals surface area contributed by atoms with Crippen molar-refractivity contribution in [2.45, 2.75) is 45.3 Å². The zero-order valence-corrected chi connectivity index (χ0v) is 14.2. The van der Waals surface area contributed by atoms with Crippen molar-refractivity contribution in [3.05, 3.63) is 33.8 Å². The van der Waals surface area contributed by atoms with Gasteiger partial charge >= 0.3 is 12.1 Å². The number of hydrogen-bond acceptors (Lipinski definition) is 3. The van der Waals surface area contributed by atoms with Crippen LogP contribution in [0.1, 0.15) is 32.8 Å². The summed E-state index contributed by atoms with van der Waals surface area (Å²) < 4.78 is 5.05. The summed E-state index contributed by atoms with van der Waals surface area (Å²) in [5.74, 6) is -1.14. The summed E-state index contributed by atoms with van der Waals surface area (Å²) in [6.07, 6.45) is -0.298. The molecule has 22 heavy (non-hydrogen) atoms. The molecule has 0 aliphatic heterocycles. The molecule has 0 aliphatic carbocycles. The van der Waals surface area contributed by atoms with Gasteiger partial charge < -0.3 is 15.2 Å². The van der Waals surface area contributed by atoms with Crippen LogP contribution < -0.4 is 5.32 Å². The van der Waals surface area contributed by atoms with Crippen molar-refractivity contribution in [3.63, 3.8) is 0 Å². The molecule has 0 bridgehead atoms. The van der Waals surface area contributed by atoms with Crippen molar-refractivity contribution >= 4 is 35.3 Å². The summed E-state index contributed by atoms with van der Waals surface area (Å²) in [6, 6.07) is 3.99. The topological polar surface area (TPSA) is 75.6 Å². The van der Waals surface area contributed by atoms with Crippen molar-refractivity contribution in [1.29, 1.82) is 0 Å². The van der Waals surface area contributed by atoms with Gasteiger partial charge in [0.05, 0.1) is 0 Å². The SMILES string of the molecule is CC(C)(C)OC(=O)N[C@@H](CCc1c(Cl)cccc1Cl)C(=O)O. The summed E-state index contributed by atoms with van der Waals surface area (Å²) in [5.41, 5.74) is -0.0396. The molecule has 0 saturated heterocycles. The Balaban J connectivity index is 2.70. The number of aliphatic carboxylic acids is 1. The second-order valence-electron chi connectivity index (χ2n) is 5.78. The largest absolute Gasteiger partial charge is 0.480 e. The van der Waals surface area contributed by atoms with E-state index in [1.807, 2.05) is 0 Å². The van der Waals surface area contributed by atoms with Crippen LogP contribution in [0, 0.1) is 0 Å². The molecule has 0 spiro atoms. The first-order chi connectivity index (χ1) is 10.1. The molecule has 0 saturated carbocycles. The van der Waals surface area contributed by atoms with Crippen LogP contribution in [0.15, 0.2) is 18.2 Å². The Hall–Kier alpha value is -1.46. The van der Waals surface area contributed by atoms with Crippen molar-refractivity contribution in [3.8, 4) is 0 Å². The molecule has 2 N–H and O–H groups in total. The summed E-state index contributed by atoms with van der Waals surface area (Å²) in [7, 11) is 0. The number of alkyl carbamates (subject to hydrolysis) is 1. The highest BCUT2D eigenvalue weighted by Crippen LogP contribution is 2.25. The Kier molecular flexibility index (Phi) is 6.50. The summed E-state index contributed by atoms with van der Waals surface area (Å²) in [6.45, 7) is 5.10. The van der Waals surface area contributed by atoms with E-state index in [1.165, 1.54) is 0 Å². The number of carbonyl (C=O) groups excluding carboxylic acids is 1. The van der Waals surface area contributed by atoms with Crippen molar-refractivity contribution < 1.29 is 19.4 Å². The van der Waals surface area contributed by atoms with Crippen molar-refractivity contribution in [1.82, 2.24) is 5.32 Å². The highest BCUT2D eigenvalue weighted by molar-refractivity contribution is 6.35. The maximum atomic E-state index is 11.7. The number of carboxylic acid groups (broad SMARTS) is 1. The van der Waals surface area contributed by atoms with Gasteiger partial charge in [0.25, 0.3) is 0 Å². The number of nitrogens with one attached hydrogen (secondary N) is 1. The highest BCUT2D eigenvalue weighted by atomic mass is 35.5. The molecular weight excluding hydrogens is 329 g/mol. The van der Waals surface area contributed by atoms with Gasteiger partial charge in [-0.15, -0.1) is 0 Å². The lowest BCUT2D eigenvalue weighted by atomic mass is 10.1. The van der Waals surface area contributed by atoms with Gasteiger partial charge in [-0.2, -0.15) is 0 Å². The Morgan fingerprint density at radius 2 is 1.82 bits per heavy atom. The van der Waals surface area contributed by atoms with E-state index in [-0.39, 0.29) is 6.42 Å². The highest BCUT2D eigenvalue weighted by Gasteiger charge is 2.24. The Bertz CT molecular complexity index is 535. The van der Waals surface area contributed by atoms with E-state index in [0.29, 0.717) is 22.0 Å². The second kappa shape index (κ2) is 7.70. The number of carboxylic acids is 1. The fourth-order valence-corrected chi connectivity index (χ4v) is 2.35. The number of rotatable bonds is 5. The fraction of sp³-hybridized carbons (Fsp3) is 0.467. The van der Waals surface area contributed by atoms with Gasteiger partial charge in [0.15, 0.2) is 0 Å². The molecule has 0 heterocycles. The predicted molar refractivity (Wildman–Crippen MR) is 85.6 cm³/mol. The van der Waals surface area contributed by atoms with Crippen LogP contribution >= 0.6 is 23.2 Å². The van der Waals surface area contributed by atoms with Gasteiger partial charge in [0, 0.05) is 10.0 Å². The zero-order chi connectivity index (χ0) is 16.9. The van der Waals surface area contributed by atoms with Crippen LogP contribution in [-0.4, -0.2) is 28.8 Å². The van der Waals surface area contributed by atoms with Gasteiger partial charge in [-0.1, -0.05) is 29.3 Å². The first-order valence-corrected chi connectivity index (χ1v) is 7.51. The molecule has 0 aromatic heterocycles. The standard InChI is InChI=1S/C15H19Cl2NO4/c1-15(2,3)22-14(21)18-12(13(19)20)8-7-9-10(16)5-4-6-11(9)17/h4-6,12H,7-8H2,1-3H3,(H,18,21)(H,19,20)/t12-/m0/s1. The lowest BCUT2D eigenvalue weighted by Crippen LogP contribution is -2.43. The minimum absolute atomic E-state index is 0.151. The molecule has 0 radical (unpaired) electrons. The molecular formula is C15H19Cl2NO4. The molecule has 0 fully saturated rings. The van der Waals surface area contributed by atoms with Crippen LogP contribution in [0.5, 0.6) is 0 Å². The van der Waals surface area contributed by atoms with Gasteiger partial charge in [-0.25, -0.2) is 9.59 Å². The van der Waals surface area contributed by atoms with Gasteiger partial charge in [-0.05, 0) is 51.3 Å². The van der Waals surface area contributed by atoms with E-state index >= 15 is 0 Å². The summed E-state index contributed by atoms with van der Waals surface area (Å²) >= 11 is 12.1. The molecule has 1 amide bonds. The van der Waals surface area contributed by atoms with Crippen LogP contribution in [-0.2, 0) is 16.0 Å². The minimum atomic E-state index is -1.14. The Morgan fingerprint density at radius 3 is 2.27 bits per heavy atom. The van der Waals surface area contributed by atoms with Gasteiger partial charge in [0.2, 0.25) is 0 Å². The summed E-state index contributed by atoms with van der Waals surface area (Å²) in [4.78, 5) is 22.9. The van der Waals surface area contributed by atoms with E-state index in [9.17, 15) is 14.7 Å². The van der Waals surface area contributed by atoms with Gasteiger partial charge in [-0.3, -0.25) is 0 Å². The Morgan fingerprint density at radius 1 is 1.27 bits per heavy atom. The number of carbonyl (C=O) groups is 2. The molecule has 0 unspecified atom stereocenters. The maximum absolute atomic E-state index is 11.7. The lowest BCUT2D eigenvalue weighted by Gasteiger charge is -2.22. The number of amides is 1. The smallest absolute Gasteiger partial charge is 0.408 e. The molecule has 5 nitrogen and oxygen atoms in total. The van der Waals surface area contributed by atoms with E-state index in [2.05, 4.69) is 5.32 Å².